The zero-order chi connectivity index (χ0) is 19.6. The number of hydrogen-bond donors (Lipinski definition) is 1. The summed E-state index contributed by atoms with van der Waals surface area (Å²) >= 11 is 0. The highest BCUT2D eigenvalue weighted by molar-refractivity contribution is 5.74. The van der Waals surface area contributed by atoms with Crippen LogP contribution in [0.2, 0.25) is 0 Å². The molecule has 0 amide bonds. The van der Waals surface area contributed by atoms with Crippen molar-refractivity contribution in [2.45, 2.75) is 6.04 Å². The number of anilines is 1. The van der Waals surface area contributed by atoms with Gasteiger partial charge in [-0.2, -0.15) is 9.61 Å². The fourth-order valence-corrected chi connectivity index (χ4v) is 3.82. The fourth-order valence-electron chi connectivity index (χ4n) is 3.82. The number of hydrogen-bond acceptors (Lipinski definition) is 6. The van der Waals surface area contributed by atoms with E-state index in [1.807, 2.05) is 30.3 Å². The largest absolute Gasteiger partial charge is 0.497 e. The third-order valence-electron chi connectivity index (χ3n) is 5.35. The van der Waals surface area contributed by atoms with E-state index in [1.165, 1.54) is 5.56 Å². The summed E-state index contributed by atoms with van der Waals surface area (Å²) in [6.45, 7) is 2.66. The first kappa shape index (κ1) is 17.6. The number of nitrogens with one attached hydrogen (secondary N) is 1. The average molecular weight is 386 g/mol. The van der Waals surface area contributed by atoms with Crippen LogP contribution in [0.15, 0.2) is 67.0 Å². The molecule has 3 heterocycles. The minimum Gasteiger partial charge on any atom is -0.497 e. The van der Waals surface area contributed by atoms with Crippen LogP contribution in [0.5, 0.6) is 5.75 Å². The Hall–Kier alpha value is -3.45. The number of piperazine rings is 1. The summed E-state index contributed by atoms with van der Waals surface area (Å²) in [4.78, 5) is 2.37. The lowest BCUT2D eigenvalue weighted by Crippen LogP contribution is -2.46. The lowest BCUT2D eigenvalue weighted by molar-refractivity contribution is 0.415. The number of benzene rings is 2. The van der Waals surface area contributed by atoms with Gasteiger partial charge in [0, 0.05) is 31.2 Å². The van der Waals surface area contributed by atoms with Gasteiger partial charge in [0.1, 0.15) is 12.1 Å². The van der Waals surface area contributed by atoms with Crippen LogP contribution < -0.4 is 15.0 Å². The molecule has 5 rings (SSSR count). The minimum absolute atomic E-state index is 0.269. The highest BCUT2D eigenvalue weighted by Gasteiger charge is 2.24. The number of rotatable bonds is 4. The Labute approximate surface area is 169 Å². The van der Waals surface area contributed by atoms with Gasteiger partial charge in [-0.1, -0.05) is 30.3 Å². The van der Waals surface area contributed by atoms with E-state index < -0.39 is 0 Å². The van der Waals surface area contributed by atoms with Gasteiger partial charge in [-0.05, 0) is 35.9 Å². The Morgan fingerprint density at radius 1 is 1.07 bits per heavy atom. The standard InChI is InChI=1S/C22H22N6O/c1-29-18-9-7-17(8-10-18)19-13-21(22-25-24-15-28(22)26-19)27-12-11-23-20(14-27)16-5-3-2-4-6-16/h2-10,13,15,20,23H,11-12,14H2,1H3. The second kappa shape index (κ2) is 7.52. The molecule has 0 radical (unpaired) electrons. The maximum absolute atomic E-state index is 5.27. The Balaban J connectivity index is 1.52. The molecular weight excluding hydrogens is 364 g/mol. The molecule has 4 aromatic rings. The molecule has 1 aliphatic heterocycles. The van der Waals surface area contributed by atoms with Gasteiger partial charge in [-0.3, -0.25) is 0 Å². The van der Waals surface area contributed by atoms with Gasteiger partial charge in [0.25, 0.3) is 0 Å². The van der Waals surface area contributed by atoms with Crippen LogP contribution in [-0.2, 0) is 0 Å². The molecule has 2 aromatic heterocycles. The summed E-state index contributed by atoms with van der Waals surface area (Å²) in [7, 11) is 1.67. The van der Waals surface area contributed by atoms with Crippen molar-refractivity contribution in [3.8, 4) is 17.0 Å². The lowest BCUT2D eigenvalue weighted by atomic mass is 10.0. The molecule has 1 aliphatic rings. The van der Waals surface area contributed by atoms with Crippen molar-refractivity contribution in [3.63, 3.8) is 0 Å². The maximum atomic E-state index is 5.27. The molecule has 7 heteroatoms. The minimum atomic E-state index is 0.269. The van der Waals surface area contributed by atoms with E-state index >= 15 is 0 Å². The average Bonchev–Trinajstić information content (AvgIpc) is 3.28. The monoisotopic (exact) mass is 386 g/mol. The Morgan fingerprint density at radius 2 is 1.90 bits per heavy atom. The first-order valence-corrected chi connectivity index (χ1v) is 9.70. The summed E-state index contributed by atoms with van der Waals surface area (Å²) in [6.07, 6.45) is 1.66. The number of ether oxygens (including phenoxy) is 1. The molecule has 1 saturated heterocycles. The van der Waals surface area contributed by atoms with E-state index in [0.717, 1.165) is 48.0 Å². The second-order valence-corrected chi connectivity index (χ2v) is 7.11. The third kappa shape index (κ3) is 3.40. The Bertz CT molecular complexity index is 1110. The first-order chi connectivity index (χ1) is 14.3. The van der Waals surface area contributed by atoms with Crippen LogP contribution in [0.3, 0.4) is 0 Å². The van der Waals surface area contributed by atoms with Crippen LogP contribution in [0.25, 0.3) is 16.9 Å². The molecule has 0 bridgehead atoms. The van der Waals surface area contributed by atoms with E-state index in [1.54, 1.807) is 18.0 Å². The molecule has 146 valence electrons. The molecular formula is C22H22N6O. The van der Waals surface area contributed by atoms with Crippen molar-refractivity contribution >= 4 is 11.3 Å². The van der Waals surface area contributed by atoms with Gasteiger partial charge in [0.15, 0.2) is 0 Å². The summed E-state index contributed by atoms with van der Waals surface area (Å²) < 4.78 is 7.03. The summed E-state index contributed by atoms with van der Waals surface area (Å²) in [6, 6.07) is 20.9. The normalized spacial score (nSPS) is 16.9. The van der Waals surface area contributed by atoms with E-state index in [-0.39, 0.29) is 6.04 Å². The predicted molar refractivity (Wildman–Crippen MR) is 112 cm³/mol. The van der Waals surface area contributed by atoms with E-state index in [9.17, 15) is 0 Å². The topological polar surface area (TPSA) is 67.6 Å². The van der Waals surface area contributed by atoms with Crippen molar-refractivity contribution in [2.24, 2.45) is 0 Å². The zero-order valence-electron chi connectivity index (χ0n) is 16.2. The van der Waals surface area contributed by atoms with Gasteiger partial charge < -0.3 is 15.0 Å². The lowest BCUT2D eigenvalue weighted by Gasteiger charge is -2.35. The second-order valence-electron chi connectivity index (χ2n) is 7.11. The highest BCUT2D eigenvalue weighted by atomic mass is 16.5. The van der Waals surface area contributed by atoms with Crippen molar-refractivity contribution < 1.29 is 4.74 Å². The molecule has 1 atom stereocenters. The van der Waals surface area contributed by atoms with Crippen LogP contribution in [-0.4, -0.2) is 46.6 Å². The molecule has 0 saturated carbocycles. The van der Waals surface area contributed by atoms with Crippen LogP contribution in [0.1, 0.15) is 11.6 Å². The molecule has 1 unspecified atom stereocenters. The van der Waals surface area contributed by atoms with Crippen molar-refractivity contribution in [1.82, 2.24) is 25.1 Å². The van der Waals surface area contributed by atoms with Crippen LogP contribution >= 0.6 is 0 Å². The highest BCUT2D eigenvalue weighted by Crippen LogP contribution is 2.29. The van der Waals surface area contributed by atoms with Crippen molar-refractivity contribution in [1.29, 1.82) is 0 Å². The summed E-state index contributed by atoms with van der Waals surface area (Å²) in [5.74, 6) is 0.826. The van der Waals surface area contributed by atoms with E-state index in [4.69, 9.17) is 9.84 Å². The molecule has 0 spiro atoms. The van der Waals surface area contributed by atoms with Gasteiger partial charge in [0.05, 0.1) is 18.5 Å². The third-order valence-corrected chi connectivity index (χ3v) is 5.35. The van der Waals surface area contributed by atoms with Crippen molar-refractivity contribution in [3.05, 3.63) is 72.6 Å². The molecule has 0 aliphatic carbocycles. The molecule has 1 N–H and O–H groups in total. The maximum Gasteiger partial charge on any atom is 0.200 e. The van der Waals surface area contributed by atoms with E-state index in [0.29, 0.717) is 0 Å². The van der Waals surface area contributed by atoms with Crippen LogP contribution in [0, 0.1) is 0 Å². The predicted octanol–water partition coefficient (Wildman–Crippen LogP) is 2.95. The van der Waals surface area contributed by atoms with Gasteiger partial charge in [0.2, 0.25) is 5.65 Å². The molecule has 29 heavy (non-hydrogen) atoms. The van der Waals surface area contributed by atoms with Gasteiger partial charge >= 0.3 is 0 Å². The quantitative estimate of drug-likeness (QED) is 0.582. The molecule has 1 fully saturated rings. The zero-order valence-corrected chi connectivity index (χ0v) is 16.2. The van der Waals surface area contributed by atoms with E-state index in [2.05, 4.69) is 50.7 Å². The van der Waals surface area contributed by atoms with Gasteiger partial charge in [-0.25, -0.2) is 0 Å². The smallest absolute Gasteiger partial charge is 0.200 e. The van der Waals surface area contributed by atoms with Gasteiger partial charge in [-0.15, -0.1) is 10.2 Å². The molecule has 2 aromatic carbocycles. The first-order valence-electron chi connectivity index (χ1n) is 9.70. The molecule has 7 nitrogen and oxygen atoms in total. The Kier molecular flexibility index (Phi) is 4.57. The number of fused-ring (bicyclic) bond motifs is 1. The van der Waals surface area contributed by atoms with Crippen LogP contribution in [0.4, 0.5) is 5.69 Å². The fraction of sp³-hybridized carbons (Fsp3) is 0.227. The number of nitrogens with zero attached hydrogens (tertiary/aromatic N) is 5. The summed E-state index contributed by atoms with van der Waals surface area (Å²) in [5, 5.41) is 16.7. The summed E-state index contributed by atoms with van der Waals surface area (Å²) in [5.41, 5.74) is 5.02. The number of methoxy groups -OCH3 is 1. The Morgan fingerprint density at radius 3 is 2.69 bits per heavy atom. The SMILES string of the molecule is COc1ccc(-c2cc(N3CCNC(c4ccccc4)C3)c3nncn3n2)cc1. The number of aromatic nitrogens is 4. The van der Waals surface area contributed by atoms with Crippen molar-refractivity contribution in [2.75, 3.05) is 31.6 Å².